The first-order chi connectivity index (χ1) is 11.4. The van der Waals surface area contributed by atoms with Crippen LogP contribution in [0, 0.1) is 0 Å². The van der Waals surface area contributed by atoms with E-state index < -0.39 is 13.3 Å². The zero-order chi connectivity index (χ0) is 18.3. The lowest BCUT2D eigenvalue weighted by atomic mass is 10.0. The molecular weight excluding hydrogens is 327 g/mol. The molecule has 1 unspecified atom stereocenters. The fraction of sp³-hybridized carbons (Fsp3) is 0.944. The second kappa shape index (κ2) is 14.9. The van der Waals surface area contributed by atoms with Gasteiger partial charge in [-0.2, -0.15) is 0 Å². The van der Waals surface area contributed by atoms with Gasteiger partial charge in [-0.05, 0) is 19.8 Å². The molecule has 0 spiro atoms. The van der Waals surface area contributed by atoms with E-state index in [1.165, 1.54) is 44.9 Å². The maximum Gasteiger partial charge on any atom is 0.328 e. The minimum atomic E-state index is -4.14. The molecule has 0 aliphatic heterocycles. The second-order valence-electron chi connectivity index (χ2n) is 6.56. The number of carbonyl (C=O) groups excluding carboxylic acids is 1. The number of rotatable bonds is 16. The highest BCUT2D eigenvalue weighted by atomic mass is 31.2. The van der Waals surface area contributed by atoms with E-state index >= 15 is 0 Å². The van der Waals surface area contributed by atoms with Gasteiger partial charge >= 0.3 is 13.6 Å². The van der Waals surface area contributed by atoms with Crippen molar-refractivity contribution >= 4 is 13.6 Å². The summed E-state index contributed by atoms with van der Waals surface area (Å²) < 4.78 is 16.4. The van der Waals surface area contributed by atoms with Crippen molar-refractivity contribution in [3.63, 3.8) is 0 Å². The first-order valence-electron chi connectivity index (χ1n) is 9.62. The normalized spacial score (nSPS) is 13.0. The van der Waals surface area contributed by atoms with Gasteiger partial charge in [-0.25, -0.2) is 0 Å². The maximum absolute atomic E-state index is 11.5. The number of ether oxygens (including phenoxy) is 1. The van der Waals surface area contributed by atoms with Gasteiger partial charge in [0.1, 0.15) is 0 Å². The molecule has 144 valence electrons. The van der Waals surface area contributed by atoms with Gasteiger partial charge in [-0.15, -0.1) is 0 Å². The Morgan fingerprint density at radius 2 is 1.38 bits per heavy atom. The van der Waals surface area contributed by atoms with Gasteiger partial charge < -0.3 is 14.5 Å². The van der Waals surface area contributed by atoms with Crippen molar-refractivity contribution in [2.24, 2.45) is 0 Å². The smallest absolute Gasteiger partial charge is 0.328 e. The molecule has 0 aromatic carbocycles. The topological polar surface area (TPSA) is 83.8 Å². The largest absolute Gasteiger partial charge is 0.466 e. The molecule has 24 heavy (non-hydrogen) atoms. The van der Waals surface area contributed by atoms with Gasteiger partial charge in [0, 0.05) is 6.42 Å². The predicted octanol–water partition coefficient (Wildman–Crippen LogP) is 5.19. The third-order valence-electron chi connectivity index (χ3n) is 4.35. The molecule has 2 N–H and O–H groups in total. The van der Waals surface area contributed by atoms with Gasteiger partial charge in [-0.1, -0.05) is 71.1 Å². The highest BCUT2D eigenvalue weighted by Crippen LogP contribution is 2.46. The molecule has 1 atom stereocenters. The van der Waals surface area contributed by atoms with E-state index in [0.29, 0.717) is 13.0 Å². The summed E-state index contributed by atoms with van der Waals surface area (Å²) in [6.45, 7) is 4.25. The van der Waals surface area contributed by atoms with Crippen molar-refractivity contribution in [1.82, 2.24) is 0 Å². The molecule has 0 fully saturated rings. The molecule has 6 heteroatoms. The monoisotopic (exact) mass is 364 g/mol. The molecule has 0 aromatic heterocycles. The average Bonchev–Trinajstić information content (AvgIpc) is 2.51. The van der Waals surface area contributed by atoms with Crippen LogP contribution in [0.25, 0.3) is 0 Å². The Morgan fingerprint density at radius 1 is 0.875 bits per heavy atom. The summed E-state index contributed by atoms with van der Waals surface area (Å²) in [5, 5.41) is 0. The van der Waals surface area contributed by atoms with Crippen LogP contribution >= 0.6 is 7.60 Å². The van der Waals surface area contributed by atoms with Crippen LogP contribution < -0.4 is 0 Å². The zero-order valence-corrected chi connectivity index (χ0v) is 16.4. The number of carbonyl (C=O) groups is 1. The SMILES string of the molecule is CCCCCCCCCCCCC(CCC(=O)OCC)P(=O)(O)O. The second-order valence-corrected chi connectivity index (χ2v) is 8.47. The fourth-order valence-corrected chi connectivity index (χ4v) is 3.85. The van der Waals surface area contributed by atoms with Crippen molar-refractivity contribution < 1.29 is 23.9 Å². The summed E-state index contributed by atoms with van der Waals surface area (Å²) in [7, 11) is -4.14. The lowest BCUT2D eigenvalue weighted by Crippen LogP contribution is -2.13. The highest BCUT2D eigenvalue weighted by Gasteiger charge is 2.28. The number of esters is 1. The average molecular weight is 364 g/mol. The van der Waals surface area contributed by atoms with E-state index in [0.717, 1.165) is 19.3 Å². The molecule has 0 heterocycles. The van der Waals surface area contributed by atoms with E-state index in [1.54, 1.807) is 6.92 Å². The third-order valence-corrected chi connectivity index (χ3v) is 5.82. The van der Waals surface area contributed by atoms with Gasteiger partial charge in [0.15, 0.2) is 0 Å². The van der Waals surface area contributed by atoms with Crippen LogP contribution in [-0.4, -0.2) is 28.0 Å². The third kappa shape index (κ3) is 14.0. The summed E-state index contributed by atoms with van der Waals surface area (Å²) in [6, 6.07) is 0. The van der Waals surface area contributed by atoms with Gasteiger partial charge in [0.2, 0.25) is 0 Å². The van der Waals surface area contributed by atoms with Crippen LogP contribution in [0.5, 0.6) is 0 Å². The summed E-state index contributed by atoms with van der Waals surface area (Å²) in [5.41, 5.74) is -0.712. The molecule has 0 aliphatic rings. The van der Waals surface area contributed by atoms with Crippen molar-refractivity contribution in [2.75, 3.05) is 6.61 Å². The number of unbranched alkanes of at least 4 members (excludes halogenated alkanes) is 9. The Kier molecular flexibility index (Phi) is 14.7. The lowest BCUT2D eigenvalue weighted by Gasteiger charge is -2.17. The van der Waals surface area contributed by atoms with E-state index in [-0.39, 0.29) is 18.8 Å². The summed E-state index contributed by atoms with van der Waals surface area (Å²) in [4.78, 5) is 30.2. The van der Waals surface area contributed by atoms with E-state index in [4.69, 9.17) is 4.74 Å². The Hall–Kier alpha value is -0.380. The fourth-order valence-electron chi connectivity index (χ4n) is 2.87. The Morgan fingerprint density at radius 3 is 1.83 bits per heavy atom. The van der Waals surface area contributed by atoms with Crippen LogP contribution in [0.3, 0.4) is 0 Å². The predicted molar refractivity (Wildman–Crippen MR) is 98.2 cm³/mol. The number of hydrogen-bond acceptors (Lipinski definition) is 3. The molecule has 0 rings (SSSR count). The highest BCUT2D eigenvalue weighted by molar-refractivity contribution is 7.52. The van der Waals surface area contributed by atoms with E-state index in [1.807, 2.05) is 0 Å². The van der Waals surface area contributed by atoms with E-state index in [2.05, 4.69) is 6.92 Å². The summed E-state index contributed by atoms with van der Waals surface area (Å²) >= 11 is 0. The van der Waals surface area contributed by atoms with Crippen LogP contribution in [0.1, 0.15) is 97.3 Å². The molecule has 0 amide bonds. The minimum absolute atomic E-state index is 0.0847. The first-order valence-corrected chi connectivity index (χ1v) is 11.3. The van der Waals surface area contributed by atoms with Gasteiger partial charge in [0.05, 0.1) is 12.3 Å². The van der Waals surface area contributed by atoms with E-state index in [9.17, 15) is 19.1 Å². The van der Waals surface area contributed by atoms with Crippen LogP contribution in [-0.2, 0) is 14.1 Å². The molecule has 0 aliphatic carbocycles. The molecule has 0 saturated carbocycles. The van der Waals surface area contributed by atoms with Gasteiger partial charge in [-0.3, -0.25) is 9.36 Å². The Bertz CT molecular complexity index is 353. The van der Waals surface area contributed by atoms with Crippen molar-refractivity contribution in [1.29, 1.82) is 0 Å². The van der Waals surface area contributed by atoms with Crippen LogP contribution in [0.15, 0.2) is 0 Å². The van der Waals surface area contributed by atoms with Crippen molar-refractivity contribution in [2.45, 2.75) is 103 Å². The summed E-state index contributed by atoms with van der Waals surface area (Å²) in [5.74, 6) is -0.376. The van der Waals surface area contributed by atoms with Crippen molar-refractivity contribution in [3.05, 3.63) is 0 Å². The van der Waals surface area contributed by atoms with Crippen molar-refractivity contribution in [3.8, 4) is 0 Å². The Balaban J connectivity index is 3.76. The quantitative estimate of drug-likeness (QED) is 0.224. The van der Waals surface area contributed by atoms with Crippen LogP contribution in [0.4, 0.5) is 0 Å². The Labute approximate surface area is 147 Å². The molecule has 0 aromatic rings. The maximum atomic E-state index is 11.5. The molecule has 0 radical (unpaired) electrons. The molecular formula is C18H37O5P. The lowest BCUT2D eigenvalue weighted by molar-refractivity contribution is -0.143. The number of hydrogen-bond donors (Lipinski definition) is 2. The first kappa shape index (κ1) is 23.6. The zero-order valence-electron chi connectivity index (χ0n) is 15.5. The molecule has 5 nitrogen and oxygen atoms in total. The standard InChI is InChI=1S/C18H37O5P/c1-3-5-6-7-8-9-10-11-12-13-14-17(24(20,21)22)15-16-18(19)23-4-2/h17H,3-16H2,1-2H3,(H2,20,21,22). The molecule has 0 bridgehead atoms. The summed E-state index contributed by atoms with van der Waals surface area (Å²) in [6.07, 6.45) is 12.7. The minimum Gasteiger partial charge on any atom is -0.466 e. The molecule has 0 saturated heterocycles. The van der Waals surface area contributed by atoms with Crippen LogP contribution in [0.2, 0.25) is 0 Å². The van der Waals surface area contributed by atoms with Gasteiger partial charge in [0.25, 0.3) is 0 Å².